The van der Waals surface area contributed by atoms with Gasteiger partial charge in [-0.25, -0.2) is 4.98 Å². The van der Waals surface area contributed by atoms with Gasteiger partial charge in [-0.3, -0.25) is 0 Å². The smallest absolute Gasteiger partial charge is 0.215 e. The van der Waals surface area contributed by atoms with Crippen molar-refractivity contribution in [2.75, 3.05) is 0 Å². The number of hydrogen-bond acceptors (Lipinski definition) is 2. The summed E-state index contributed by atoms with van der Waals surface area (Å²) in [5.74, 6) is 0.391. The first-order valence-electron chi connectivity index (χ1n) is 5.04. The van der Waals surface area contributed by atoms with E-state index in [1.165, 1.54) is 12.8 Å². The third kappa shape index (κ3) is 2.10. The van der Waals surface area contributed by atoms with Crippen molar-refractivity contribution in [3.8, 4) is 0 Å². The summed E-state index contributed by atoms with van der Waals surface area (Å²) in [5, 5.41) is 0. The highest BCUT2D eigenvalue weighted by Gasteiger charge is 2.24. The number of rotatable bonds is 3. The van der Waals surface area contributed by atoms with E-state index >= 15 is 0 Å². The molecule has 0 bridgehead atoms. The van der Waals surface area contributed by atoms with Crippen LogP contribution < -0.4 is 5.73 Å². The van der Waals surface area contributed by atoms with E-state index in [1.807, 2.05) is 0 Å². The molecule has 0 saturated heterocycles. The molecule has 0 spiro atoms. The van der Waals surface area contributed by atoms with Gasteiger partial charge >= 0.3 is 0 Å². The monoisotopic (exact) mass is 194 g/mol. The Labute approximate surface area is 83.3 Å². The van der Waals surface area contributed by atoms with Crippen LogP contribution in [-0.2, 0) is 0 Å². The third-order valence-corrected chi connectivity index (χ3v) is 2.75. The van der Waals surface area contributed by atoms with Crippen LogP contribution in [0.25, 0.3) is 0 Å². The molecule has 1 aromatic heterocycles. The van der Waals surface area contributed by atoms with Gasteiger partial charge in [0.1, 0.15) is 0 Å². The number of aryl methyl sites for hydroxylation is 1. The van der Waals surface area contributed by atoms with Gasteiger partial charge in [0, 0.05) is 17.8 Å². The quantitative estimate of drug-likeness (QED) is 0.750. The zero-order valence-electron chi connectivity index (χ0n) is 8.33. The molecule has 2 rings (SSSR count). The average Bonchev–Trinajstić information content (AvgIpc) is 2.93. The molecule has 3 heteroatoms. The first-order valence-corrected chi connectivity index (χ1v) is 5.04. The van der Waals surface area contributed by atoms with E-state index < -0.39 is 5.95 Å². The molecule has 0 amide bonds. The number of aromatic nitrogens is 1. The molecule has 1 aliphatic carbocycles. The van der Waals surface area contributed by atoms with Crippen LogP contribution in [-0.4, -0.2) is 4.98 Å². The van der Waals surface area contributed by atoms with Gasteiger partial charge in [-0.15, -0.1) is 0 Å². The predicted molar refractivity (Wildman–Crippen MR) is 53.2 cm³/mol. The third-order valence-electron chi connectivity index (χ3n) is 2.75. The summed E-state index contributed by atoms with van der Waals surface area (Å²) in [5.41, 5.74) is 7.52. The minimum atomic E-state index is -0.396. The maximum absolute atomic E-state index is 12.9. The highest BCUT2D eigenvalue weighted by Crippen LogP contribution is 2.36. The first-order chi connectivity index (χ1) is 6.66. The van der Waals surface area contributed by atoms with Crippen molar-refractivity contribution < 1.29 is 4.39 Å². The molecule has 2 nitrogen and oxygen atoms in total. The molecular formula is C11H15FN2. The Kier molecular flexibility index (Phi) is 2.50. The lowest BCUT2D eigenvalue weighted by atomic mass is 10.0. The molecule has 0 unspecified atom stereocenters. The Morgan fingerprint density at radius 2 is 2.36 bits per heavy atom. The Hall–Kier alpha value is -0.960. The molecule has 1 saturated carbocycles. The fourth-order valence-corrected chi connectivity index (χ4v) is 1.63. The lowest BCUT2D eigenvalue weighted by Crippen LogP contribution is -2.12. The van der Waals surface area contributed by atoms with Crippen LogP contribution in [0.3, 0.4) is 0 Å². The van der Waals surface area contributed by atoms with Crippen LogP contribution in [0.1, 0.15) is 36.4 Å². The van der Waals surface area contributed by atoms with Gasteiger partial charge in [0.05, 0.1) is 0 Å². The second-order valence-corrected chi connectivity index (χ2v) is 4.16. The maximum atomic E-state index is 12.9. The van der Waals surface area contributed by atoms with Crippen molar-refractivity contribution in [2.24, 2.45) is 11.7 Å². The summed E-state index contributed by atoms with van der Waals surface area (Å²) < 4.78 is 12.9. The van der Waals surface area contributed by atoms with Gasteiger partial charge in [-0.05, 0) is 30.9 Å². The summed E-state index contributed by atoms with van der Waals surface area (Å²) in [7, 11) is 0. The Bertz CT molecular complexity index is 334. The molecule has 1 aromatic rings. The van der Waals surface area contributed by atoms with E-state index in [4.69, 9.17) is 5.73 Å². The van der Waals surface area contributed by atoms with E-state index in [1.54, 1.807) is 19.2 Å². The molecule has 0 radical (unpaired) electrons. The van der Waals surface area contributed by atoms with Crippen LogP contribution in [0.15, 0.2) is 12.3 Å². The number of halogens is 1. The minimum absolute atomic E-state index is 0.0225. The maximum Gasteiger partial charge on any atom is 0.215 e. The molecule has 1 heterocycles. The van der Waals surface area contributed by atoms with Crippen molar-refractivity contribution in [2.45, 2.75) is 32.2 Å². The van der Waals surface area contributed by atoms with Crippen molar-refractivity contribution in [1.82, 2.24) is 4.98 Å². The van der Waals surface area contributed by atoms with Gasteiger partial charge < -0.3 is 5.73 Å². The van der Waals surface area contributed by atoms with Gasteiger partial charge in [0.2, 0.25) is 5.95 Å². The molecule has 1 atom stereocenters. The van der Waals surface area contributed by atoms with Crippen LogP contribution in [0, 0.1) is 18.8 Å². The molecule has 0 aliphatic heterocycles. The van der Waals surface area contributed by atoms with Crippen LogP contribution in [0.4, 0.5) is 4.39 Å². The van der Waals surface area contributed by atoms with Crippen LogP contribution >= 0.6 is 0 Å². The van der Waals surface area contributed by atoms with E-state index in [2.05, 4.69) is 4.98 Å². The van der Waals surface area contributed by atoms with Crippen molar-refractivity contribution in [3.63, 3.8) is 0 Å². The van der Waals surface area contributed by atoms with Gasteiger partial charge in [0.25, 0.3) is 0 Å². The lowest BCUT2D eigenvalue weighted by Gasteiger charge is -2.11. The van der Waals surface area contributed by atoms with Gasteiger partial charge in [-0.1, -0.05) is 12.8 Å². The summed E-state index contributed by atoms with van der Waals surface area (Å²) in [6.45, 7) is 1.72. The summed E-state index contributed by atoms with van der Waals surface area (Å²) in [4.78, 5) is 3.68. The summed E-state index contributed by atoms with van der Waals surface area (Å²) >= 11 is 0. The van der Waals surface area contributed by atoms with Crippen molar-refractivity contribution in [1.29, 1.82) is 0 Å². The topological polar surface area (TPSA) is 38.9 Å². The molecule has 14 heavy (non-hydrogen) atoms. The fraction of sp³-hybridized carbons (Fsp3) is 0.545. The largest absolute Gasteiger partial charge is 0.324 e. The second kappa shape index (κ2) is 3.65. The number of nitrogens with two attached hydrogens (primary N) is 1. The Morgan fingerprint density at radius 3 is 2.93 bits per heavy atom. The predicted octanol–water partition coefficient (Wildman–Crippen LogP) is 2.33. The highest BCUT2D eigenvalue weighted by molar-refractivity contribution is 5.21. The summed E-state index contributed by atoms with van der Waals surface area (Å²) in [6, 6.07) is 1.82. The molecular weight excluding hydrogens is 179 g/mol. The normalized spacial score (nSPS) is 18.2. The SMILES string of the molecule is Cc1cc([C@H](N)CC2CC2)cnc1F. The highest BCUT2D eigenvalue weighted by atomic mass is 19.1. The van der Waals surface area contributed by atoms with E-state index in [-0.39, 0.29) is 6.04 Å². The van der Waals surface area contributed by atoms with Gasteiger partial charge in [-0.2, -0.15) is 4.39 Å². The van der Waals surface area contributed by atoms with Gasteiger partial charge in [0.15, 0.2) is 0 Å². The van der Waals surface area contributed by atoms with Crippen molar-refractivity contribution >= 4 is 0 Å². The number of hydrogen-bond donors (Lipinski definition) is 1. The van der Waals surface area contributed by atoms with E-state index in [0.717, 1.165) is 17.9 Å². The molecule has 76 valence electrons. The van der Waals surface area contributed by atoms with Crippen LogP contribution in [0.2, 0.25) is 0 Å². The average molecular weight is 194 g/mol. The number of pyridine rings is 1. The second-order valence-electron chi connectivity index (χ2n) is 4.16. The van der Waals surface area contributed by atoms with Crippen LogP contribution in [0.5, 0.6) is 0 Å². The molecule has 1 fully saturated rings. The zero-order valence-corrected chi connectivity index (χ0v) is 8.33. The standard InChI is InChI=1S/C11H15FN2/c1-7-4-9(6-14-11(7)12)10(13)5-8-2-3-8/h4,6,8,10H,2-3,5,13H2,1H3/t10-/m1/s1. The zero-order chi connectivity index (χ0) is 10.1. The minimum Gasteiger partial charge on any atom is -0.324 e. The molecule has 0 aromatic carbocycles. The van der Waals surface area contributed by atoms with Crippen molar-refractivity contribution in [3.05, 3.63) is 29.3 Å². The number of nitrogens with zero attached hydrogens (tertiary/aromatic N) is 1. The van der Waals surface area contributed by atoms with E-state index in [0.29, 0.717) is 5.56 Å². The molecule has 1 aliphatic rings. The fourth-order valence-electron chi connectivity index (χ4n) is 1.63. The lowest BCUT2D eigenvalue weighted by molar-refractivity contribution is 0.560. The first kappa shape index (κ1) is 9.59. The summed E-state index contributed by atoms with van der Waals surface area (Å²) in [6.07, 6.45) is 5.14. The Morgan fingerprint density at radius 1 is 1.64 bits per heavy atom. The molecule has 2 N–H and O–H groups in total. The Balaban J connectivity index is 2.10. The van der Waals surface area contributed by atoms with E-state index in [9.17, 15) is 4.39 Å².